The highest BCUT2D eigenvalue weighted by molar-refractivity contribution is 7.92. The Hall–Kier alpha value is -1.09. The molecule has 2 aliphatic carbocycles. The van der Waals surface area contributed by atoms with Crippen LogP contribution in [0.3, 0.4) is 0 Å². The van der Waals surface area contributed by atoms with Gasteiger partial charge in [0.05, 0.1) is 11.5 Å². The molecular formula is C20H28F3N3O2S. The Bertz CT molecular complexity index is 890. The van der Waals surface area contributed by atoms with E-state index in [-0.39, 0.29) is 17.4 Å². The smallest absolute Gasteiger partial charge is 0.300 e. The normalized spacial score (nSPS) is 35.7. The number of fused-ring (bicyclic) bond motifs is 1. The molecule has 0 aromatic carbocycles. The fourth-order valence-electron chi connectivity index (χ4n) is 6.30. The van der Waals surface area contributed by atoms with E-state index in [2.05, 4.69) is 10.00 Å². The number of likely N-dealkylation sites (tertiary alicyclic amines) is 1. The molecule has 4 aliphatic rings. The summed E-state index contributed by atoms with van der Waals surface area (Å²) in [6, 6.07) is 1.67. The molecule has 2 saturated heterocycles. The zero-order chi connectivity index (χ0) is 20.8. The number of hydrogen-bond donors (Lipinski definition) is 0. The standard InChI is InChI=1S/C20H28F3N3O2S/c1-12(2)26-16(9-17(24-26)20(21,22)23)18-14-7-13(8-15(14)18)25-5-3-19(4-6-25)10-29(27,28)11-19/h9,12-15,18H,3-8,10-11H2,1-2H3/t13-,14-,15+,18+. The number of nitrogens with zero attached hydrogens (tertiary/aromatic N) is 3. The Labute approximate surface area is 169 Å². The highest BCUT2D eigenvalue weighted by Crippen LogP contribution is 2.64. The van der Waals surface area contributed by atoms with Crippen molar-refractivity contribution in [2.24, 2.45) is 17.3 Å². The van der Waals surface area contributed by atoms with Crippen molar-refractivity contribution in [3.05, 3.63) is 17.5 Å². The van der Waals surface area contributed by atoms with Crippen LogP contribution in [0.25, 0.3) is 0 Å². The topological polar surface area (TPSA) is 55.2 Å². The average molecular weight is 432 g/mol. The van der Waals surface area contributed by atoms with E-state index in [0.717, 1.165) is 44.5 Å². The lowest BCUT2D eigenvalue weighted by atomic mass is 9.80. The second-order valence-electron chi connectivity index (χ2n) is 10.0. The van der Waals surface area contributed by atoms with Crippen molar-refractivity contribution in [1.29, 1.82) is 0 Å². The number of alkyl halides is 3. The molecule has 9 heteroatoms. The zero-order valence-corrected chi connectivity index (χ0v) is 17.6. The molecular weight excluding hydrogens is 403 g/mol. The van der Waals surface area contributed by atoms with E-state index >= 15 is 0 Å². The highest BCUT2D eigenvalue weighted by Gasteiger charge is 2.60. The first-order valence-electron chi connectivity index (χ1n) is 10.6. The molecule has 0 radical (unpaired) electrons. The lowest BCUT2D eigenvalue weighted by Crippen LogP contribution is -2.55. The van der Waals surface area contributed by atoms with Crippen LogP contribution in [0.4, 0.5) is 13.2 Å². The highest BCUT2D eigenvalue weighted by atomic mass is 32.2. The predicted molar refractivity (Wildman–Crippen MR) is 102 cm³/mol. The molecule has 4 fully saturated rings. The summed E-state index contributed by atoms with van der Waals surface area (Å²) in [5.74, 6) is 1.81. The Balaban J connectivity index is 1.22. The summed E-state index contributed by atoms with van der Waals surface area (Å²) in [5, 5.41) is 3.85. The molecule has 4 atom stereocenters. The van der Waals surface area contributed by atoms with Crippen molar-refractivity contribution < 1.29 is 21.6 Å². The van der Waals surface area contributed by atoms with Gasteiger partial charge in [0.15, 0.2) is 15.5 Å². The Morgan fingerprint density at radius 3 is 2.21 bits per heavy atom. The minimum absolute atomic E-state index is 0.0250. The number of aromatic nitrogens is 2. The number of hydrogen-bond acceptors (Lipinski definition) is 4. The van der Waals surface area contributed by atoms with Gasteiger partial charge in [-0.2, -0.15) is 18.3 Å². The minimum atomic E-state index is -4.40. The van der Waals surface area contributed by atoms with Gasteiger partial charge in [0, 0.05) is 29.1 Å². The van der Waals surface area contributed by atoms with Crippen LogP contribution in [0.5, 0.6) is 0 Å². The largest absolute Gasteiger partial charge is 0.435 e. The van der Waals surface area contributed by atoms with Gasteiger partial charge >= 0.3 is 6.18 Å². The van der Waals surface area contributed by atoms with Crippen LogP contribution in [0.2, 0.25) is 0 Å². The van der Waals surface area contributed by atoms with E-state index in [0.29, 0.717) is 29.4 Å². The maximum Gasteiger partial charge on any atom is 0.435 e. The number of sulfone groups is 1. The third kappa shape index (κ3) is 3.32. The van der Waals surface area contributed by atoms with Gasteiger partial charge < -0.3 is 4.90 Å². The van der Waals surface area contributed by atoms with Crippen LogP contribution in [-0.2, 0) is 16.0 Å². The quantitative estimate of drug-likeness (QED) is 0.735. The van der Waals surface area contributed by atoms with Gasteiger partial charge in [-0.1, -0.05) is 0 Å². The summed E-state index contributed by atoms with van der Waals surface area (Å²) in [7, 11) is -2.79. The van der Waals surface area contributed by atoms with Gasteiger partial charge in [-0.25, -0.2) is 8.42 Å². The number of piperidine rings is 1. The first-order valence-corrected chi connectivity index (χ1v) is 12.4. The molecule has 2 aliphatic heterocycles. The average Bonchev–Trinajstić information content (AvgIpc) is 2.99. The second kappa shape index (κ2) is 6.22. The second-order valence-corrected chi connectivity index (χ2v) is 12.1. The van der Waals surface area contributed by atoms with Crippen molar-refractivity contribution in [1.82, 2.24) is 14.7 Å². The van der Waals surface area contributed by atoms with Gasteiger partial charge in [-0.05, 0) is 70.5 Å². The molecule has 3 heterocycles. The van der Waals surface area contributed by atoms with E-state index in [4.69, 9.17) is 0 Å². The van der Waals surface area contributed by atoms with Crippen molar-refractivity contribution in [2.75, 3.05) is 24.6 Å². The fraction of sp³-hybridized carbons (Fsp3) is 0.850. The molecule has 1 spiro atoms. The molecule has 1 aromatic heterocycles. The molecule has 5 rings (SSSR count). The van der Waals surface area contributed by atoms with E-state index in [1.807, 2.05) is 13.8 Å². The number of rotatable bonds is 3. The predicted octanol–water partition coefficient (Wildman–Crippen LogP) is 3.49. The van der Waals surface area contributed by atoms with E-state index < -0.39 is 21.7 Å². The molecule has 5 nitrogen and oxygen atoms in total. The lowest BCUT2D eigenvalue weighted by molar-refractivity contribution is -0.141. The third-order valence-corrected chi connectivity index (χ3v) is 9.84. The minimum Gasteiger partial charge on any atom is -0.300 e. The lowest BCUT2D eigenvalue weighted by Gasteiger charge is -2.48. The molecule has 162 valence electrons. The maximum atomic E-state index is 13.1. The molecule has 0 bridgehead atoms. The first-order chi connectivity index (χ1) is 13.5. The summed E-state index contributed by atoms with van der Waals surface area (Å²) >= 11 is 0. The van der Waals surface area contributed by atoms with Crippen molar-refractivity contribution in [3.63, 3.8) is 0 Å². The SMILES string of the molecule is CC(C)n1nc(C(F)(F)F)cc1[C@H]1[C@@H]2C[C@@H](N3CCC4(CC3)CS(=O)(=O)C4)C[C@@H]21. The Morgan fingerprint density at radius 1 is 1.14 bits per heavy atom. The van der Waals surface area contributed by atoms with Crippen molar-refractivity contribution in [3.8, 4) is 0 Å². The van der Waals surface area contributed by atoms with Crippen LogP contribution in [-0.4, -0.2) is 53.7 Å². The van der Waals surface area contributed by atoms with E-state index in [1.54, 1.807) is 4.68 Å². The first kappa shape index (κ1) is 19.8. The van der Waals surface area contributed by atoms with Gasteiger partial charge in [0.1, 0.15) is 0 Å². The summed E-state index contributed by atoms with van der Waals surface area (Å²) in [5.41, 5.74) is -0.00509. The van der Waals surface area contributed by atoms with Crippen LogP contribution < -0.4 is 0 Å². The van der Waals surface area contributed by atoms with Crippen LogP contribution in [0.15, 0.2) is 6.07 Å². The maximum absolute atomic E-state index is 13.1. The summed E-state index contributed by atoms with van der Waals surface area (Å²) < 4.78 is 64.1. The zero-order valence-electron chi connectivity index (χ0n) is 16.8. The third-order valence-electron chi connectivity index (χ3n) is 7.73. The number of halogens is 3. The molecule has 0 unspecified atom stereocenters. The monoisotopic (exact) mass is 431 g/mol. The van der Waals surface area contributed by atoms with Crippen LogP contribution >= 0.6 is 0 Å². The fourth-order valence-corrected chi connectivity index (χ4v) is 8.66. The Kier molecular flexibility index (Phi) is 4.25. The summed E-state index contributed by atoms with van der Waals surface area (Å²) in [4.78, 5) is 2.50. The van der Waals surface area contributed by atoms with Crippen molar-refractivity contribution >= 4 is 9.84 Å². The Morgan fingerprint density at radius 2 is 1.72 bits per heavy atom. The molecule has 29 heavy (non-hydrogen) atoms. The van der Waals surface area contributed by atoms with Crippen LogP contribution in [0.1, 0.15) is 62.9 Å². The molecule has 0 N–H and O–H groups in total. The van der Waals surface area contributed by atoms with Gasteiger partial charge in [-0.15, -0.1) is 0 Å². The van der Waals surface area contributed by atoms with E-state index in [9.17, 15) is 21.6 Å². The molecule has 0 amide bonds. The van der Waals surface area contributed by atoms with Gasteiger partial charge in [-0.3, -0.25) is 4.68 Å². The van der Waals surface area contributed by atoms with Gasteiger partial charge in [0.2, 0.25) is 0 Å². The summed E-state index contributed by atoms with van der Waals surface area (Å²) in [6.45, 7) is 5.66. The van der Waals surface area contributed by atoms with Crippen LogP contribution in [0, 0.1) is 17.3 Å². The van der Waals surface area contributed by atoms with Gasteiger partial charge in [0.25, 0.3) is 0 Å². The molecule has 2 saturated carbocycles. The van der Waals surface area contributed by atoms with Crippen molar-refractivity contribution in [2.45, 2.75) is 63.7 Å². The summed E-state index contributed by atoms with van der Waals surface area (Å²) in [6.07, 6.45) is -0.427. The van der Waals surface area contributed by atoms with E-state index in [1.165, 1.54) is 6.07 Å². The molecule has 1 aromatic rings.